The van der Waals surface area contributed by atoms with Gasteiger partial charge >= 0.3 is 5.97 Å². The summed E-state index contributed by atoms with van der Waals surface area (Å²) >= 11 is 0. The van der Waals surface area contributed by atoms with Gasteiger partial charge in [0, 0.05) is 12.4 Å². The summed E-state index contributed by atoms with van der Waals surface area (Å²) in [5.41, 5.74) is 0.675. The van der Waals surface area contributed by atoms with Crippen LogP contribution in [0.3, 0.4) is 0 Å². The lowest BCUT2D eigenvalue weighted by molar-refractivity contribution is -0.145. The van der Waals surface area contributed by atoms with Crippen molar-refractivity contribution in [2.45, 2.75) is 12.6 Å². The van der Waals surface area contributed by atoms with Crippen LogP contribution >= 0.6 is 0 Å². The molecule has 0 spiro atoms. The number of benzene rings is 2. The molecule has 1 amide bonds. The minimum atomic E-state index is -0.859. The molecule has 2 aromatic carbocycles. The largest absolute Gasteiger partial charge is 0.467 e. The third-order valence-corrected chi connectivity index (χ3v) is 3.71. The lowest BCUT2D eigenvalue weighted by atomic mass is 10.0. The Kier molecular flexibility index (Phi) is 4.56. The first-order valence-corrected chi connectivity index (χ1v) is 7.50. The molecular formula is C18H17N3O3. The van der Waals surface area contributed by atoms with E-state index in [4.69, 9.17) is 4.74 Å². The maximum Gasteiger partial charge on any atom is 0.333 e. The van der Waals surface area contributed by atoms with Crippen molar-refractivity contribution in [3.05, 3.63) is 66.5 Å². The van der Waals surface area contributed by atoms with Gasteiger partial charge in [0.15, 0.2) is 6.04 Å². The molecule has 0 aliphatic heterocycles. The summed E-state index contributed by atoms with van der Waals surface area (Å²) in [6.07, 6.45) is 3.27. The Morgan fingerprint density at radius 2 is 1.96 bits per heavy atom. The molecule has 1 N–H and O–H groups in total. The zero-order valence-electron chi connectivity index (χ0n) is 13.2. The Hall–Kier alpha value is -3.15. The van der Waals surface area contributed by atoms with Crippen LogP contribution < -0.4 is 5.32 Å². The lowest BCUT2D eigenvalue weighted by Gasteiger charge is -2.17. The highest BCUT2D eigenvalue weighted by Crippen LogP contribution is 2.21. The number of aromatic nitrogens is 2. The van der Waals surface area contributed by atoms with Gasteiger partial charge in [-0.1, -0.05) is 36.4 Å². The minimum Gasteiger partial charge on any atom is -0.467 e. The highest BCUT2D eigenvalue weighted by Gasteiger charge is 2.24. The zero-order valence-corrected chi connectivity index (χ0v) is 13.2. The summed E-state index contributed by atoms with van der Waals surface area (Å²) in [7, 11) is 1.30. The number of methoxy groups -OCH3 is 1. The van der Waals surface area contributed by atoms with E-state index in [1.807, 2.05) is 42.5 Å². The predicted molar refractivity (Wildman–Crippen MR) is 89.1 cm³/mol. The fourth-order valence-electron chi connectivity index (χ4n) is 2.53. The van der Waals surface area contributed by atoms with Crippen molar-refractivity contribution in [1.82, 2.24) is 15.1 Å². The molecule has 0 aliphatic carbocycles. The van der Waals surface area contributed by atoms with Gasteiger partial charge < -0.3 is 10.1 Å². The lowest BCUT2D eigenvalue weighted by Crippen LogP contribution is -2.36. The number of amides is 1. The van der Waals surface area contributed by atoms with Crippen LogP contribution in [0.1, 0.15) is 11.6 Å². The predicted octanol–water partition coefficient (Wildman–Crippen LogP) is 2.07. The van der Waals surface area contributed by atoms with Crippen LogP contribution in [0.5, 0.6) is 0 Å². The van der Waals surface area contributed by atoms with E-state index >= 15 is 0 Å². The van der Waals surface area contributed by atoms with E-state index in [0.29, 0.717) is 5.56 Å². The highest BCUT2D eigenvalue weighted by molar-refractivity contribution is 5.88. The molecule has 1 atom stereocenters. The number of ether oxygens (including phenoxy) is 1. The van der Waals surface area contributed by atoms with Crippen LogP contribution in [0.4, 0.5) is 0 Å². The molecular weight excluding hydrogens is 306 g/mol. The highest BCUT2D eigenvalue weighted by atomic mass is 16.5. The summed E-state index contributed by atoms with van der Waals surface area (Å²) in [6.45, 7) is 0.0358. The average Bonchev–Trinajstić information content (AvgIpc) is 3.11. The van der Waals surface area contributed by atoms with Gasteiger partial charge in [0.05, 0.1) is 7.11 Å². The van der Waals surface area contributed by atoms with Crippen molar-refractivity contribution in [2.75, 3.05) is 7.11 Å². The van der Waals surface area contributed by atoms with Crippen LogP contribution in [0.15, 0.2) is 60.9 Å². The molecule has 0 bridgehead atoms. The summed E-state index contributed by atoms with van der Waals surface area (Å²) in [6, 6.07) is 14.3. The molecule has 0 saturated carbocycles. The maximum absolute atomic E-state index is 12.2. The molecule has 6 nitrogen and oxygen atoms in total. The SMILES string of the molecule is COC(=O)C(NC(=O)Cn1cccn1)c1ccc2ccccc2c1. The van der Waals surface area contributed by atoms with Crippen LogP contribution in [0.2, 0.25) is 0 Å². The molecule has 0 aliphatic rings. The fourth-order valence-corrected chi connectivity index (χ4v) is 2.53. The zero-order chi connectivity index (χ0) is 16.9. The monoisotopic (exact) mass is 323 g/mol. The minimum absolute atomic E-state index is 0.0358. The number of carbonyl (C=O) groups is 2. The molecule has 0 fully saturated rings. The summed E-state index contributed by atoms with van der Waals surface area (Å²) in [5.74, 6) is -0.832. The van der Waals surface area contributed by atoms with Gasteiger partial charge in [0.2, 0.25) is 5.91 Å². The van der Waals surface area contributed by atoms with E-state index in [-0.39, 0.29) is 12.5 Å². The standard InChI is InChI=1S/C18H17N3O3/c1-24-18(23)17(20-16(22)12-21-10-4-9-19-21)15-8-7-13-5-2-3-6-14(13)11-15/h2-11,17H,12H2,1H3,(H,20,22). The van der Waals surface area contributed by atoms with Crippen molar-refractivity contribution in [1.29, 1.82) is 0 Å². The van der Waals surface area contributed by atoms with Crippen molar-refractivity contribution >= 4 is 22.6 Å². The van der Waals surface area contributed by atoms with Gasteiger partial charge in [0.25, 0.3) is 0 Å². The Labute approximate surface area is 139 Å². The Morgan fingerprint density at radius 1 is 1.17 bits per heavy atom. The Morgan fingerprint density at radius 3 is 2.67 bits per heavy atom. The van der Waals surface area contributed by atoms with E-state index < -0.39 is 12.0 Å². The first-order chi connectivity index (χ1) is 11.7. The second kappa shape index (κ2) is 6.95. The fraction of sp³-hybridized carbons (Fsp3) is 0.167. The molecule has 0 saturated heterocycles. The second-order valence-corrected chi connectivity index (χ2v) is 5.33. The third kappa shape index (κ3) is 3.43. The van der Waals surface area contributed by atoms with E-state index in [0.717, 1.165) is 10.8 Å². The Bertz CT molecular complexity index is 859. The summed E-state index contributed by atoms with van der Waals surface area (Å²) in [4.78, 5) is 24.3. The number of hydrogen-bond donors (Lipinski definition) is 1. The number of carbonyl (C=O) groups excluding carboxylic acids is 2. The van der Waals surface area contributed by atoms with Gasteiger partial charge in [-0.3, -0.25) is 9.48 Å². The van der Waals surface area contributed by atoms with Gasteiger partial charge in [-0.05, 0) is 28.5 Å². The quantitative estimate of drug-likeness (QED) is 0.730. The van der Waals surface area contributed by atoms with Crippen molar-refractivity contribution in [3.63, 3.8) is 0 Å². The number of hydrogen-bond acceptors (Lipinski definition) is 4. The molecule has 122 valence electrons. The van der Waals surface area contributed by atoms with E-state index in [1.54, 1.807) is 18.5 Å². The number of nitrogens with one attached hydrogen (secondary N) is 1. The number of rotatable bonds is 5. The molecule has 3 rings (SSSR count). The first kappa shape index (κ1) is 15.7. The maximum atomic E-state index is 12.2. The molecule has 3 aromatic rings. The van der Waals surface area contributed by atoms with E-state index in [9.17, 15) is 9.59 Å². The van der Waals surface area contributed by atoms with Crippen molar-refractivity contribution in [3.8, 4) is 0 Å². The molecule has 24 heavy (non-hydrogen) atoms. The normalized spacial score (nSPS) is 11.9. The van der Waals surface area contributed by atoms with Crippen LogP contribution in [-0.4, -0.2) is 28.8 Å². The average molecular weight is 323 g/mol. The van der Waals surface area contributed by atoms with Gasteiger partial charge in [-0.2, -0.15) is 5.10 Å². The molecule has 6 heteroatoms. The van der Waals surface area contributed by atoms with E-state index in [1.165, 1.54) is 11.8 Å². The third-order valence-electron chi connectivity index (χ3n) is 3.71. The van der Waals surface area contributed by atoms with Crippen LogP contribution in [-0.2, 0) is 20.9 Å². The molecule has 1 aromatic heterocycles. The number of nitrogens with zero attached hydrogens (tertiary/aromatic N) is 2. The summed E-state index contributed by atoms with van der Waals surface area (Å²) < 4.78 is 6.33. The topological polar surface area (TPSA) is 73.2 Å². The second-order valence-electron chi connectivity index (χ2n) is 5.33. The summed E-state index contributed by atoms with van der Waals surface area (Å²) in [5, 5.41) is 8.75. The molecule has 1 unspecified atom stereocenters. The van der Waals surface area contributed by atoms with Crippen molar-refractivity contribution < 1.29 is 14.3 Å². The molecule has 0 radical (unpaired) electrons. The van der Waals surface area contributed by atoms with Gasteiger partial charge in [-0.15, -0.1) is 0 Å². The van der Waals surface area contributed by atoms with Crippen molar-refractivity contribution in [2.24, 2.45) is 0 Å². The van der Waals surface area contributed by atoms with Gasteiger partial charge in [-0.25, -0.2) is 4.79 Å². The Balaban J connectivity index is 1.84. The van der Waals surface area contributed by atoms with Crippen LogP contribution in [0, 0.1) is 0 Å². The number of fused-ring (bicyclic) bond motifs is 1. The first-order valence-electron chi connectivity index (χ1n) is 7.50. The number of esters is 1. The molecule has 1 heterocycles. The van der Waals surface area contributed by atoms with Crippen LogP contribution in [0.25, 0.3) is 10.8 Å². The van der Waals surface area contributed by atoms with E-state index in [2.05, 4.69) is 10.4 Å². The van der Waals surface area contributed by atoms with Gasteiger partial charge in [0.1, 0.15) is 6.54 Å². The smallest absolute Gasteiger partial charge is 0.333 e.